The van der Waals surface area contributed by atoms with Crippen molar-refractivity contribution < 1.29 is 22.7 Å². The Morgan fingerprint density at radius 1 is 1.12 bits per heavy atom. The van der Waals surface area contributed by atoms with E-state index in [1.54, 1.807) is 38.1 Å². The third-order valence-corrected chi connectivity index (χ3v) is 3.88. The Kier molecular flexibility index (Phi) is 4.39. The number of carbonyl (C=O) groups excluding carboxylic acids is 1. The van der Waals surface area contributed by atoms with Gasteiger partial charge in [-0.1, -0.05) is 17.7 Å². The highest BCUT2D eigenvalue weighted by atomic mass is 19.4. The quantitative estimate of drug-likeness (QED) is 0.527. The van der Waals surface area contributed by atoms with Crippen molar-refractivity contribution >= 4 is 11.7 Å². The second kappa shape index (κ2) is 6.40. The lowest BCUT2D eigenvalue weighted by molar-refractivity contribution is -0.144. The van der Waals surface area contributed by atoms with Gasteiger partial charge in [0.25, 0.3) is 11.6 Å². The number of rotatable bonds is 3. The molecule has 1 aromatic carbocycles. The van der Waals surface area contributed by atoms with Crippen LogP contribution >= 0.6 is 0 Å². The molecule has 0 aliphatic rings. The van der Waals surface area contributed by atoms with Gasteiger partial charge in [0.15, 0.2) is 0 Å². The highest BCUT2D eigenvalue weighted by Crippen LogP contribution is 2.27. The third kappa shape index (κ3) is 3.51. The van der Waals surface area contributed by atoms with Crippen LogP contribution in [0.2, 0.25) is 0 Å². The van der Waals surface area contributed by atoms with Crippen LogP contribution in [0.15, 0.2) is 24.3 Å². The van der Waals surface area contributed by atoms with Crippen LogP contribution in [-0.4, -0.2) is 25.6 Å². The molecule has 6 nitrogen and oxygen atoms in total. The second-order valence-corrected chi connectivity index (χ2v) is 5.87. The molecular weight excluding hydrogens is 349 g/mol. The summed E-state index contributed by atoms with van der Waals surface area (Å²) < 4.78 is 44.7. The number of aryl methyl sites for hydroxylation is 3. The molecular formula is C17H15F3N4O2. The van der Waals surface area contributed by atoms with Crippen LogP contribution in [0.4, 0.5) is 13.2 Å². The van der Waals surface area contributed by atoms with E-state index in [9.17, 15) is 18.0 Å². The van der Waals surface area contributed by atoms with Crippen molar-refractivity contribution in [3.63, 3.8) is 0 Å². The number of carbonyl (C=O) groups is 1. The van der Waals surface area contributed by atoms with Gasteiger partial charge in [-0.15, -0.1) is 5.10 Å². The van der Waals surface area contributed by atoms with Crippen LogP contribution < -0.4 is 4.74 Å². The second-order valence-electron chi connectivity index (χ2n) is 5.87. The number of aromatic nitrogens is 4. The molecule has 0 aliphatic heterocycles. The normalized spacial score (nSPS) is 11.8. The minimum absolute atomic E-state index is 0.143. The third-order valence-electron chi connectivity index (χ3n) is 3.88. The lowest BCUT2D eigenvalue weighted by Crippen LogP contribution is -2.15. The standard InChI is InChI=1S/C17H15F3N4O2/c1-9-4-6-12(7-5-9)26-14(25)8-13-10(2)21-16-22-15(17(18,19)20)23-24(16)11(13)3/h4-7H,8H2,1-3H3. The molecule has 0 saturated carbocycles. The number of esters is 1. The smallest absolute Gasteiger partial charge is 0.426 e. The monoisotopic (exact) mass is 364 g/mol. The van der Waals surface area contributed by atoms with Crippen LogP contribution in [-0.2, 0) is 17.4 Å². The first-order valence-electron chi connectivity index (χ1n) is 7.72. The highest BCUT2D eigenvalue weighted by Gasteiger charge is 2.37. The first-order valence-corrected chi connectivity index (χ1v) is 7.72. The minimum atomic E-state index is -4.67. The molecule has 0 aliphatic carbocycles. The highest BCUT2D eigenvalue weighted by molar-refractivity contribution is 5.75. The fourth-order valence-corrected chi connectivity index (χ4v) is 2.50. The molecule has 0 amide bonds. The van der Waals surface area contributed by atoms with Crippen LogP contribution in [0.25, 0.3) is 5.78 Å². The van der Waals surface area contributed by atoms with Gasteiger partial charge < -0.3 is 4.74 Å². The van der Waals surface area contributed by atoms with E-state index in [0.717, 1.165) is 10.1 Å². The number of alkyl halides is 3. The molecule has 2 heterocycles. The van der Waals surface area contributed by atoms with Crippen LogP contribution in [0.1, 0.15) is 28.3 Å². The van der Waals surface area contributed by atoms with E-state index >= 15 is 0 Å². The van der Waals surface area contributed by atoms with Crippen molar-refractivity contribution in [3.8, 4) is 5.75 Å². The number of benzene rings is 1. The summed E-state index contributed by atoms with van der Waals surface area (Å²) in [6, 6.07) is 6.95. The SMILES string of the molecule is Cc1ccc(OC(=O)Cc2c(C)nc3nc(C(F)(F)F)nn3c2C)cc1. The first-order chi connectivity index (χ1) is 12.1. The molecule has 3 aromatic rings. The summed E-state index contributed by atoms with van der Waals surface area (Å²) in [7, 11) is 0. The van der Waals surface area contributed by atoms with Gasteiger partial charge >= 0.3 is 12.1 Å². The Balaban J connectivity index is 1.89. The maximum atomic E-state index is 12.8. The summed E-state index contributed by atoms with van der Waals surface area (Å²) in [5.41, 5.74) is 2.24. The first kappa shape index (κ1) is 17.8. The predicted molar refractivity (Wildman–Crippen MR) is 85.8 cm³/mol. The largest absolute Gasteiger partial charge is 0.453 e. The van der Waals surface area contributed by atoms with Crippen molar-refractivity contribution in [2.45, 2.75) is 33.4 Å². The average Bonchev–Trinajstić information content (AvgIpc) is 2.98. The van der Waals surface area contributed by atoms with Crippen molar-refractivity contribution in [2.75, 3.05) is 0 Å². The molecule has 136 valence electrons. The van der Waals surface area contributed by atoms with E-state index in [2.05, 4.69) is 15.1 Å². The lowest BCUT2D eigenvalue weighted by atomic mass is 10.1. The van der Waals surface area contributed by atoms with Crippen molar-refractivity contribution in [1.82, 2.24) is 19.6 Å². The van der Waals surface area contributed by atoms with Crippen LogP contribution in [0.3, 0.4) is 0 Å². The molecule has 2 aromatic heterocycles. The van der Waals surface area contributed by atoms with E-state index in [1.165, 1.54) is 0 Å². The van der Waals surface area contributed by atoms with E-state index < -0.39 is 18.0 Å². The molecule has 0 atom stereocenters. The number of hydrogen-bond donors (Lipinski definition) is 0. The summed E-state index contributed by atoms with van der Waals surface area (Å²) in [5.74, 6) is -1.59. The Morgan fingerprint density at radius 3 is 2.38 bits per heavy atom. The van der Waals surface area contributed by atoms with E-state index in [1.807, 2.05) is 6.92 Å². The molecule has 0 unspecified atom stereocenters. The zero-order chi connectivity index (χ0) is 19.1. The van der Waals surface area contributed by atoms with Gasteiger partial charge in [-0.05, 0) is 32.9 Å². The number of hydrogen-bond acceptors (Lipinski definition) is 5. The summed E-state index contributed by atoms with van der Waals surface area (Å²) in [4.78, 5) is 19.6. The van der Waals surface area contributed by atoms with Gasteiger partial charge in [0.2, 0.25) is 0 Å². The molecule has 3 rings (SSSR count). The Morgan fingerprint density at radius 2 is 1.77 bits per heavy atom. The number of halogens is 3. The maximum Gasteiger partial charge on any atom is 0.453 e. The molecule has 0 radical (unpaired) electrons. The van der Waals surface area contributed by atoms with Gasteiger partial charge in [0.05, 0.1) is 6.42 Å². The maximum absolute atomic E-state index is 12.8. The summed E-state index contributed by atoms with van der Waals surface area (Å²) in [6.45, 7) is 5.07. The van der Waals surface area contributed by atoms with Gasteiger partial charge in [-0.2, -0.15) is 18.2 Å². The number of fused-ring (bicyclic) bond motifs is 1. The molecule has 0 N–H and O–H groups in total. The molecule has 0 saturated heterocycles. The van der Waals surface area contributed by atoms with Crippen LogP contribution in [0.5, 0.6) is 5.75 Å². The zero-order valence-corrected chi connectivity index (χ0v) is 14.3. The summed E-state index contributed by atoms with van der Waals surface area (Å²) in [6.07, 6.45) is -4.81. The number of ether oxygens (including phenoxy) is 1. The van der Waals surface area contributed by atoms with Gasteiger partial charge in [0, 0.05) is 17.0 Å². The van der Waals surface area contributed by atoms with E-state index in [-0.39, 0.29) is 12.2 Å². The molecule has 26 heavy (non-hydrogen) atoms. The molecule has 0 fully saturated rings. The van der Waals surface area contributed by atoms with Gasteiger partial charge in [-0.3, -0.25) is 4.79 Å². The van der Waals surface area contributed by atoms with Crippen LogP contribution in [0, 0.1) is 20.8 Å². The van der Waals surface area contributed by atoms with Crippen molar-refractivity contribution in [2.24, 2.45) is 0 Å². The number of nitrogens with zero attached hydrogens (tertiary/aromatic N) is 4. The van der Waals surface area contributed by atoms with Gasteiger partial charge in [0.1, 0.15) is 5.75 Å². The van der Waals surface area contributed by atoms with E-state index in [4.69, 9.17) is 4.74 Å². The predicted octanol–water partition coefficient (Wildman–Crippen LogP) is 3.22. The summed E-state index contributed by atoms with van der Waals surface area (Å²) in [5, 5.41) is 3.45. The zero-order valence-electron chi connectivity index (χ0n) is 14.3. The molecule has 9 heteroatoms. The fraction of sp³-hybridized carbons (Fsp3) is 0.294. The molecule has 0 spiro atoms. The minimum Gasteiger partial charge on any atom is -0.426 e. The Bertz CT molecular complexity index is 978. The van der Waals surface area contributed by atoms with Crippen molar-refractivity contribution in [1.29, 1.82) is 0 Å². The lowest BCUT2D eigenvalue weighted by Gasteiger charge is -2.10. The Hall–Kier alpha value is -2.97. The topological polar surface area (TPSA) is 69.4 Å². The average molecular weight is 364 g/mol. The van der Waals surface area contributed by atoms with E-state index in [0.29, 0.717) is 22.7 Å². The van der Waals surface area contributed by atoms with Gasteiger partial charge in [-0.25, -0.2) is 9.50 Å². The fourth-order valence-electron chi connectivity index (χ4n) is 2.50. The Labute approximate surface area is 146 Å². The summed E-state index contributed by atoms with van der Waals surface area (Å²) >= 11 is 0. The molecule has 0 bridgehead atoms. The van der Waals surface area contributed by atoms with Crippen molar-refractivity contribution in [3.05, 3.63) is 52.6 Å².